The SMILES string of the molecule is Cc1cccc(C(=O)c2ccc(C3CCC3)cc2)c1C. The van der Waals surface area contributed by atoms with Gasteiger partial charge in [-0.05, 0) is 49.3 Å². The van der Waals surface area contributed by atoms with Crippen LogP contribution >= 0.6 is 0 Å². The molecule has 0 N–H and O–H groups in total. The van der Waals surface area contributed by atoms with E-state index in [2.05, 4.69) is 12.1 Å². The van der Waals surface area contributed by atoms with Gasteiger partial charge in [-0.15, -0.1) is 0 Å². The van der Waals surface area contributed by atoms with Crippen molar-refractivity contribution in [1.82, 2.24) is 0 Å². The molecule has 0 saturated heterocycles. The van der Waals surface area contributed by atoms with Crippen LogP contribution in [0.4, 0.5) is 0 Å². The highest BCUT2D eigenvalue weighted by molar-refractivity contribution is 6.10. The van der Waals surface area contributed by atoms with Crippen LogP contribution in [-0.2, 0) is 0 Å². The normalized spacial score (nSPS) is 14.9. The lowest BCUT2D eigenvalue weighted by molar-refractivity contribution is 0.103. The van der Waals surface area contributed by atoms with Crippen LogP contribution in [-0.4, -0.2) is 5.78 Å². The first-order valence-corrected chi connectivity index (χ1v) is 7.37. The molecule has 1 saturated carbocycles. The van der Waals surface area contributed by atoms with Crippen molar-refractivity contribution in [2.24, 2.45) is 0 Å². The standard InChI is InChI=1S/C19H20O/c1-13-5-3-8-18(14(13)2)19(20)17-11-9-16(10-12-17)15-6-4-7-15/h3,5,8-12,15H,4,6-7H2,1-2H3. The summed E-state index contributed by atoms with van der Waals surface area (Å²) in [5.74, 6) is 0.853. The van der Waals surface area contributed by atoms with Crippen molar-refractivity contribution in [2.45, 2.75) is 39.0 Å². The number of carbonyl (C=O) groups is 1. The molecule has 1 aliphatic carbocycles. The molecule has 0 atom stereocenters. The Bertz CT molecular complexity index is 633. The summed E-state index contributed by atoms with van der Waals surface area (Å²) in [6, 6.07) is 14.1. The van der Waals surface area contributed by atoms with E-state index in [1.807, 2.05) is 44.2 Å². The van der Waals surface area contributed by atoms with Gasteiger partial charge >= 0.3 is 0 Å². The van der Waals surface area contributed by atoms with E-state index in [0.717, 1.165) is 22.6 Å². The lowest BCUT2D eigenvalue weighted by Gasteiger charge is -2.25. The number of hydrogen-bond donors (Lipinski definition) is 0. The van der Waals surface area contributed by atoms with E-state index in [1.165, 1.54) is 30.4 Å². The summed E-state index contributed by atoms with van der Waals surface area (Å²) in [5, 5.41) is 0. The smallest absolute Gasteiger partial charge is 0.193 e. The van der Waals surface area contributed by atoms with Crippen molar-refractivity contribution < 1.29 is 4.79 Å². The second kappa shape index (κ2) is 5.24. The fourth-order valence-corrected chi connectivity index (χ4v) is 2.80. The quantitative estimate of drug-likeness (QED) is 0.728. The van der Waals surface area contributed by atoms with Gasteiger partial charge in [0.05, 0.1) is 0 Å². The molecule has 0 radical (unpaired) electrons. The minimum Gasteiger partial charge on any atom is -0.289 e. The van der Waals surface area contributed by atoms with E-state index < -0.39 is 0 Å². The van der Waals surface area contributed by atoms with Crippen LogP contribution in [0.1, 0.15) is 57.8 Å². The van der Waals surface area contributed by atoms with E-state index in [1.54, 1.807) is 0 Å². The highest BCUT2D eigenvalue weighted by atomic mass is 16.1. The Labute approximate surface area is 120 Å². The van der Waals surface area contributed by atoms with Gasteiger partial charge in [0.2, 0.25) is 0 Å². The average molecular weight is 264 g/mol. The molecule has 0 bridgehead atoms. The zero-order chi connectivity index (χ0) is 14.1. The molecule has 0 spiro atoms. The summed E-state index contributed by atoms with van der Waals surface area (Å²) in [6.45, 7) is 4.07. The first-order valence-electron chi connectivity index (χ1n) is 7.37. The van der Waals surface area contributed by atoms with Gasteiger partial charge < -0.3 is 0 Å². The van der Waals surface area contributed by atoms with Crippen LogP contribution in [0, 0.1) is 13.8 Å². The van der Waals surface area contributed by atoms with Gasteiger partial charge in [-0.2, -0.15) is 0 Å². The lowest BCUT2D eigenvalue weighted by Crippen LogP contribution is -2.09. The van der Waals surface area contributed by atoms with Gasteiger partial charge in [0.25, 0.3) is 0 Å². The first kappa shape index (κ1) is 13.1. The van der Waals surface area contributed by atoms with Gasteiger partial charge in [0, 0.05) is 11.1 Å². The number of aryl methyl sites for hydroxylation is 1. The van der Waals surface area contributed by atoms with Crippen LogP contribution in [0.5, 0.6) is 0 Å². The van der Waals surface area contributed by atoms with Crippen molar-refractivity contribution in [2.75, 3.05) is 0 Å². The summed E-state index contributed by atoms with van der Waals surface area (Å²) >= 11 is 0. The molecule has 0 aromatic heterocycles. The fraction of sp³-hybridized carbons (Fsp3) is 0.316. The van der Waals surface area contributed by atoms with Crippen LogP contribution in [0.3, 0.4) is 0 Å². The van der Waals surface area contributed by atoms with Crippen LogP contribution in [0.2, 0.25) is 0 Å². The summed E-state index contributed by atoms with van der Waals surface area (Å²) < 4.78 is 0. The number of benzene rings is 2. The van der Waals surface area contributed by atoms with E-state index in [-0.39, 0.29) is 5.78 Å². The molecule has 1 nitrogen and oxygen atoms in total. The Morgan fingerprint density at radius 3 is 2.30 bits per heavy atom. The molecule has 2 aromatic carbocycles. The molecule has 3 rings (SSSR count). The summed E-state index contributed by atoms with van der Waals surface area (Å²) in [5.41, 5.74) is 5.25. The van der Waals surface area contributed by atoms with Crippen molar-refractivity contribution in [3.8, 4) is 0 Å². The highest BCUT2D eigenvalue weighted by Crippen LogP contribution is 2.36. The van der Waals surface area contributed by atoms with Gasteiger partial charge in [-0.3, -0.25) is 4.79 Å². The second-order valence-electron chi connectivity index (χ2n) is 5.83. The molecule has 1 fully saturated rings. The predicted molar refractivity (Wildman–Crippen MR) is 82.4 cm³/mol. The second-order valence-corrected chi connectivity index (χ2v) is 5.83. The molecule has 0 aliphatic heterocycles. The first-order chi connectivity index (χ1) is 9.66. The maximum Gasteiger partial charge on any atom is 0.193 e. The van der Waals surface area contributed by atoms with Gasteiger partial charge in [-0.1, -0.05) is 48.9 Å². The largest absolute Gasteiger partial charge is 0.289 e. The van der Waals surface area contributed by atoms with E-state index in [9.17, 15) is 4.79 Å². The van der Waals surface area contributed by atoms with Crippen molar-refractivity contribution in [3.05, 3.63) is 70.3 Å². The number of ketones is 1. The Hall–Kier alpha value is -1.89. The molecule has 0 heterocycles. The number of rotatable bonds is 3. The highest BCUT2D eigenvalue weighted by Gasteiger charge is 2.20. The Kier molecular flexibility index (Phi) is 3.43. The van der Waals surface area contributed by atoms with E-state index >= 15 is 0 Å². The average Bonchev–Trinajstić information content (AvgIpc) is 2.40. The molecule has 20 heavy (non-hydrogen) atoms. The van der Waals surface area contributed by atoms with Crippen LogP contribution < -0.4 is 0 Å². The van der Waals surface area contributed by atoms with Crippen LogP contribution in [0.15, 0.2) is 42.5 Å². The summed E-state index contributed by atoms with van der Waals surface area (Å²) in [6.07, 6.45) is 3.93. The molecule has 0 amide bonds. The molecule has 1 heteroatoms. The Balaban J connectivity index is 1.88. The molecule has 2 aromatic rings. The maximum absolute atomic E-state index is 12.6. The third-order valence-corrected chi connectivity index (χ3v) is 4.60. The van der Waals surface area contributed by atoms with Gasteiger partial charge in [-0.25, -0.2) is 0 Å². The monoisotopic (exact) mass is 264 g/mol. The minimum absolute atomic E-state index is 0.131. The summed E-state index contributed by atoms with van der Waals surface area (Å²) in [4.78, 5) is 12.6. The van der Waals surface area contributed by atoms with Crippen molar-refractivity contribution in [1.29, 1.82) is 0 Å². The third kappa shape index (κ3) is 2.29. The Morgan fingerprint density at radius 2 is 1.70 bits per heavy atom. The van der Waals surface area contributed by atoms with E-state index in [0.29, 0.717) is 0 Å². The van der Waals surface area contributed by atoms with E-state index in [4.69, 9.17) is 0 Å². The van der Waals surface area contributed by atoms with Crippen LogP contribution in [0.25, 0.3) is 0 Å². The van der Waals surface area contributed by atoms with Gasteiger partial charge in [0.15, 0.2) is 5.78 Å². The zero-order valence-corrected chi connectivity index (χ0v) is 12.1. The molecular formula is C19H20O. The van der Waals surface area contributed by atoms with Crippen molar-refractivity contribution >= 4 is 5.78 Å². The minimum atomic E-state index is 0.131. The fourth-order valence-electron chi connectivity index (χ4n) is 2.80. The molecule has 1 aliphatic rings. The molecular weight excluding hydrogens is 244 g/mol. The van der Waals surface area contributed by atoms with Crippen molar-refractivity contribution in [3.63, 3.8) is 0 Å². The summed E-state index contributed by atoms with van der Waals surface area (Å²) in [7, 11) is 0. The lowest BCUT2D eigenvalue weighted by atomic mass is 9.80. The Morgan fingerprint density at radius 1 is 1.00 bits per heavy atom. The predicted octanol–water partition coefficient (Wildman–Crippen LogP) is 4.80. The zero-order valence-electron chi connectivity index (χ0n) is 12.1. The maximum atomic E-state index is 12.6. The number of carbonyl (C=O) groups excluding carboxylic acids is 1. The number of hydrogen-bond acceptors (Lipinski definition) is 1. The molecule has 0 unspecified atom stereocenters. The molecule has 102 valence electrons. The topological polar surface area (TPSA) is 17.1 Å². The van der Waals surface area contributed by atoms with Gasteiger partial charge in [0.1, 0.15) is 0 Å². The third-order valence-electron chi connectivity index (χ3n) is 4.60.